The minimum atomic E-state index is -0.620. The fourth-order valence-corrected chi connectivity index (χ4v) is 2.22. The van der Waals surface area contributed by atoms with Crippen LogP contribution in [0.3, 0.4) is 0 Å². The van der Waals surface area contributed by atoms with Crippen molar-refractivity contribution in [3.63, 3.8) is 0 Å². The average Bonchev–Trinajstić information content (AvgIpc) is 2.37. The van der Waals surface area contributed by atoms with Crippen molar-refractivity contribution in [1.82, 2.24) is 0 Å². The van der Waals surface area contributed by atoms with Crippen LogP contribution in [0.2, 0.25) is 0 Å². The highest BCUT2D eigenvalue weighted by atomic mass is 19.1. The minimum Gasteiger partial charge on any atom is -0.398 e. The predicted molar refractivity (Wildman–Crippen MR) is 83.7 cm³/mol. The van der Waals surface area contributed by atoms with Crippen molar-refractivity contribution in [2.75, 3.05) is 11.1 Å². The molecule has 21 heavy (non-hydrogen) atoms. The maximum atomic E-state index is 13.7. The van der Waals surface area contributed by atoms with Gasteiger partial charge in [0.2, 0.25) is 0 Å². The first-order chi connectivity index (χ1) is 9.97. The van der Waals surface area contributed by atoms with E-state index in [9.17, 15) is 9.18 Å². The Morgan fingerprint density at radius 1 is 1.24 bits per heavy atom. The zero-order valence-electron chi connectivity index (χ0n) is 12.2. The smallest absolute Gasteiger partial charge is 0.260 e. The highest BCUT2D eigenvalue weighted by molar-refractivity contribution is 6.07. The van der Waals surface area contributed by atoms with E-state index in [1.807, 2.05) is 18.2 Å². The van der Waals surface area contributed by atoms with Gasteiger partial charge in [0.15, 0.2) is 0 Å². The number of halogens is 1. The zero-order chi connectivity index (χ0) is 15.4. The summed E-state index contributed by atoms with van der Waals surface area (Å²) in [5, 5.41) is 2.69. The number of hydrogen-bond donors (Lipinski definition) is 2. The molecular formula is C17H19FN2O. The van der Waals surface area contributed by atoms with Crippen LogP contribution in [0.5, 0.6) is 0 Å². The molecule has 0 fully saturated rings. The standard InChI is InChI=1S/C17H19FN2O/c1-11(2)9-12-5-3-6-13(10-12)20-17(21)16-14(18)7-4-8-15(16)19/h3-8,10-11H,9,19H2,1-2H3,(H,20,21). The number of carbonyl (C=O) groups is 1. The molecule has 3 N–H and O–H groups in total. The van der Waals surface area contributed by atoms with Crippen LogP contribution in [-0.4, -0.2) is 5.91 Å². The second kappa shape index (κ2) is 6.39. The van der Waals surface area contributed by atoms with Gasteiger partial charge < -0.3 is 11.1 Å². The monoisotopic (exact) mass is 286 g/mol. The molecule has 4 heteroatoms. The van der Waals surface area contributed by atoms with E-state index in [-0.39, 0.29) is 11.3 Å². The maximum absolute atomic E-state index is 13.7. The molecule has 0 aromatic heterocycles. The number of rotatable bonds is 4. The molecule has 0 aliphatic heterocycles. The number of anilines is 2. The normalized spacial score (nSPS) is 10.7. The molecule has 0 radical (unpaired) electrons. The lowest BCUT2D eigenvalue weighted by atomic mass is 10.0. The van der Waals surface area contributed by atoms with Crippen molar-refractivity contribution in [2.45, 2.75) is 20.3 Å². The molecule has 0 atom stereocenters. The Labute approximate surface area is 124 Å². The van der Waals surface area contributed by atoms with Gasteiger partial charge in [-0.05, 0) is 42.2 Å². The van der Waals surface area contributed by atoms with E-state index >= 15 is 0 Å². The SMILES string of the molecule is CC(C)Cc1cccc(NC(=O)c2c(N)cccc2F)c1. The van der Waals surface area contributed by atoms with Gasteiger partial charge in [-0.1, -0.05) is 32.0 Å². The Balaban J connectivity index is 2.20. The van der Waals surface area contributed by atoms with Crippen LogP contribution < -0.4 is 11.1 Å². The zero-order valence-corrected chi connectivity index (χ0v) is 12.2. The lowest BCUT2D eigenvalue weighted by Crippen LogP contribution is -2.16. The molecule has 0 aliphatic rings. The van der Waals surface area contributed by atoms with Crippen LogP contribution in [0.1, 0.15) is 29.8 Å². The van der Waals surface area contributed by atoms with E-state index in [4.69, 9.17) is 5.73 Å². The largest absolute Gasteiger partial charge is 0.398 e. The molecule has 0 bridgehead atoms. The summed E-state index contributed by atoms with van der Waals surface area (Å²) < 4.78 is 13.7. The van der Waals surface area contributed by atoms with Crippen molar-refractivity contribution < 1.29 is 9.18 Å². The summed E-state index contributed by atoms with van der Waals surface area (Å²) in [4.78, 5) is 12.2. The van der Waals surface area contributed by atoms with Crippen molar-refractivity contribution in [3.05, 3.63) is 59.4 Å². The molecule has 0 unspecified atom stereocenters. The Kier molecular flexibility index (Phi) is 4.58. The fourth-order valence-electron chi connectivity index (χ4n) is 2.22. The second-order valence-electron chi connectivity index (χ2n) is 5.46. The van der Waals surface area contributed by atoms with Crippen LogP contribution in [0.15, 0.2) is 42.5 Å². The molecule has 2 aromatic rings. The van der Waals surface area contributed by atoms with Crippen molar-refractivity contribution in [2.24, 2.45) is 5.92 Å². The number of nitrogen functional groups attached to an aromatic ring is 1. The van der Waals surface area contributed by atoms with Gasteiger partial charge in [-0.3, -0.25) is 4.79 Å². The van der Waals surface area contributed by atoms with Crippen molar-refractivity contribution >= 4 is 17.3 Å². The van der Waals surface area contributed by atoms with E-state index < -0.39 is 11.7 Å². The highest BCUT2D eigenvalue weighted by Gasteiger charge is 2.15. The maximum Gasteiger partial charge on any atom is 0.260 e. The first-order valence-electron chi connectivity index (χ1n) is 6.91. The van der Waals surface area contributed by atoms with Gasteiger partial charge in [-0.15, -0.1) is 0 Å². The minimum absolute atomic E-state index is 0.119. The number of nitrogens with one attached hydrogen (secondary N) is 1. The first-order valence-corrected chi connectivity index (χ1v) is 6.91. The highest BCUT2D eigenvalue weighted by Crippen LogP contribution is 2.19. The van der Waals surface area contributed by atoms with Crippen LogP contribution in [0.25, 0.3) is 0 Å². The molecule has 0 heterocycles. The Morgan fingerprint density at radius 2 is 1.95 bits per heavy atom. The van der Waals surface area contributed by atoms with Crippen molar-refractivity contribution in [3.8, 4) is 0 Å². The van der Waals surface area contributed by atoms with E-state index in [0.29, 0.717) is 11.6 Å². The van der Waals surface area contributed by atoms with Gasteiger partial charge in [0.25, 0.3) is 5.91 Å². The first kappa shape index (κ1) is 15.0. The van der Waals surface area contributed by atoms with Gasteiger partial charge >= 0.3 is 0 Å². The summed E-state index contributed by atoms with van der Waals surface area (Å²) in [5.74, 6) is -0.628. The van der Waals surface area contributed by atoms with Gasteiger partial charge in [-0.25, -0.2) is 4.39 Å². The van der Waals surface area contributed by atoms with Gasteiger partial charge in [-0.2, -0.15) is 0 Å². The Morgan fingerprint density at radius 3 is 2.62 bits per heavy atom. The predicted octanol–water partition coefficient (Wildman–Crippen LogP) is 3.86. The summed E-state index contributed by atoms with van der Waals surface area (Å²) >= 11 is 0. The number of nitrogens with two attached hydrogens (primary N) is 1. The number of amides is 1. The molecule has 2 rings (SSSR count). The number of benzene rings is 2. The van der Waals surface area contributed by atoms with Gasteiger partial charge in [0.05, 0.1) is 5.56 Å². The van der Waals surface area contributed by atoms with Crippen molar-refractivity contribution in [1.29, 1.82) is 0 Å². The molecule has 0 spiro atoms. The third kappa shape index (κ3) is 3.81. The van der Waals surface area contributed by atoms with E-state index in [1.54, 1.807) is 6.07 Å². The molecule has 1 amide bonds. The van der Waals surface area contributed by atoms with Crippen LogP contribution in [0.4, 0.5) is 15.8 Å². The number of carbonyl (C=O) groups excluding carboxylic acids is 1. The Hall–Kier alpha value is -2.36. The van der Waals surface area contributed by atoms with E-state index in [0.717, 1.165) is 12.0 Å². The molecular weight excluding hydrogens is 267 g/mol. The molecule has 2 aromatic carbocycles. The van der Waals surface area contributed by atoms with Crippen LogP contribution in [-0.2, 0) is 6.42 Å². The lowest BCUT2D eigenvalue weighted by Gasteiger charge is -2.10. The second-order valence-corrected chi connectivity index (χ2v) is 5.46. The van der Waals surface area contributed by atoms with Crippen LogP contribution >= 0.6 is 0 Å². The average molecular weight is 286 g/mol. The third-order valence-electron chi connectivity index (χ3n) is 3.10. The van der Waals surface area contributed by atoms with Gasteiger partial charge in [0.1, 0.15) is 5.82 Å². The molecule has 0 saturated heterocycles. The Bertz CT molecular complexity index is 633. The van der Waals surface area contributed by atoms with E-state index in [2.05, 4.69) is 19.2 Å². The molecule has 3 nitrogen and oxygen atoms in total. The summed E-state index contributed by atoms with van der Waals surface area (Å²) in [6.45, 7) is 4.26. The summed E-state index contributed by atoms with van der Waals surface area (Å²) in [6.07, 6.45) is 0.922. The molecule has 0 saturated carbocycles. The summed E-state index contributed by atoms with van der Waals surface area (Å²) in [7, 11) is 0. The fraction of sp³-hybridized carbons (Fsp3) is 0.235. The molecule has 0 aliphatic carbocycles. The topological polar surface area (TPSA) is 55.1 Å². The third-order valence-corrected chi connectivity index (χ3v) is 3.10. The quantitative estimate of drug-likeness (QED) is 0.839. The summed E-state index contributed by atoms with van der Waals surface area (Å²) in [5.41, 5.74) is 7.45. The van der Waals surface area contributed by atoms with Gasteiger partial charge in [0, 0.05) is 11.4 Å². The summed E-state index contributed by atoms with van der Waals surface area (Å²) in [6, 6.07) is 11.8. The van der Waals surface area contributed by atoms with E-state index in [1.165, 1.54) is 18.2 Å². The van der Waals surface area contributed by atoms with Crippen LogP contribution in [0, 0.1) is 11.7 Å². The lowest BCUT2D eigenvalue weighted by molar-refractivity contribution is 0.102. The molecule has 110 valence electrons. The number of hydrogen-bond acceptors (Lipinski definition) is 2.